The Labute approximate surface area is 81.3 Å². The highest BCUT2D eigenvalue weighted by molar-refractivity contribution is 5.83. The Bertz CT molecular complexity index is 165. The van der Waals surface area contributed by atoms with E-state index in [1.54, 1.807) is 0 Å². The van der Waals surface area contributed by atoms with Crippen LogP contribution in [0.5, 0.6) is 0 Å². The summed E-state index contributed by atoms with van der Waals surface area (Å²) in [6.45, 7) is 10.0. The lowest BCUT2D eigenvalue weighted by atomic mass is 9.87. The van der Waals surface area contributed by atoms with Gasteiger partial charge in [-0.3, -0.25) is 4.79 Å². The molecular formula is C11H22O2. The Morgan fingerprint density at radius 1 is 1.31 bits per heavy atom. The van der Waals surface area contributed by atoms with Crippen LogP contribution < -0.4 is 0 Å². The van der Waals surface area contributed by atoms with E-state index in [2.05, 4.69) is 20.8 Å². The van der Waals surface area contributed by atoms with Crippen molar-refractivity contribution in [1.29, 1.82) is 0 Å². The van der Waals surface area contributed by atoms with E-state index in [1.165, 1.54) is 0 Å². The van der Waals surface area contributed by atoms with Crippen molar-refractivity contribution in [3.63, 3.8) is 0 Å². The third-order valence-electron chi connectivity index (χ3n) is 2.08. The molecule has 0 aromatic heterocycles. The number of hydrogen-bond acceptors (Lipinski definition) is 2. The molecular weight excluding hydrogens is 164 g/mol. The minimum absolute atomic E-state index is 0.0232. The van der Waals surface area contributed by atoms with Crippen LogP contribution in [-0.2, 0) is 4.79 Å². The third-order valence-corrected chi connectivity index (χ3v) is 2.08. The van der Waals surface area contributed by atoms with Crippen molar-refractivity contribution >= 4 is 5.78 Å². The van der Waals surface area contributed by atoms with Crippen molar-refractivity contribution in [3.8, 4) is 0 Å². The first-order chi connectivity index (χ1) is 5.74. The highest BCUT2D eigenvalue weighted by Crippen LogP contribution is 2.21. The van der Waals surface area contributed by atoms with Crippen LogP contribution in [0.25, 0.3) is 0 Å². The highest BCUT2D eigenvalue weighted by Gasteiger charge is 2.20. The summed E-state index contributed by atoms with van der Waals surface area (Å²) in [6.07, 6.45) is 0.556. The van der Waals surface area contributed by atoms with Crippen molar-refractivity contribution in [2.24, 2.45) is 11.3 Å². The van der Waals surface area contributed by atoms with Crippen molar-refractivity contribution in [3.05, 3.63) is 0 Å². The smallest absolute Gasteiger partial charge is 0.161 e. The Morgan fingerprint density at radius 3 is 2.08 bits per heavy atom. The molecule has 0 aromatic rings. The van der Waals surface area contributed by atoms with Crippen molar-refractivity contribution in [1.82, 2.24) is 0 Å². The van der Waals surface area contributed by atoms with Crippen LogP contribution in [0.2, 0.25) is 0 Å². The van der Waals surface area contributed by atoms with E-state index < -0.39 is 6.10 Å². The van der Waals surface area contributed by atoms with Crippen LogP contribution in [-0.4, -0.2) is 17.0 Å². The molecule has 0 aliphatic rings. The van der Waals surface area contributed by atoms with E-state index in [1.807, 2.05) is 13.8 Å². The first-order valence-corrected chi connectivity index (χ1v) is 4.95. The van der Waals surface area contributed by atoms with E-state index in [4.69, 9.17) is 0 Å². The SMILES string of the molecule is CC(C)C(O)C(=O)CCC(C)(C)C. The molecule has 0 saturated carbocycles. The minimum Gasteiger partial charge on any atom is -0.385 e. The van der Waals surface area contributed by atoms with Crippen molar-refractivity contribution in [2.75, 3.05) is 0 Å². The lowest BCUT2D eigenvalue weighted by Gasteiger charge is -2.19. The Hall–Kier alpha value is -0.370. The second kappa shape index (κ2) is 4.75. The molecule has 1 N–H and O–H groups in total. The second-order valence-electron chi connectivity index (χ2n) is 5.22. The maximum absolute atomic E-state index is 11.4. The zero-order valence-corrected chi connectivity index (χ0v) is 9.42. The fourth-order valence-electron chi connectivity index (χ4n) is 1.02. The monoisotopic (exact) mass is 186 g/mol. The Morgan fingerprint density at radius 2 is 1.77 bits per heavy atom. The van der Waals surface area contributed by atoms with Crippen LogP contribution in [0, 0.1) is 11.3 Å². The summed E-state index contributed by atoms with van der Waals surface area (Å²) < 4.78 is 0. The number of aliphatic hydroxyl groups excluding tert-OH is 1. The zero-order chi connectivity index (χ0) is 10.6. The van der Waals surface area contributed by atoms with Gasteiger partial charge in [0.25, 0.3) is 0 Å². The third kappa shape index (κ3) is 5.81. The summed E-state index contributed by atoms with van der Waals surface area (Å²) >= 11 is 0. The molecule has 1 atom stereocenters. The van der Waals surface area contributed by atoms with Gasteiger partial charge in [-0.25, -0.2) is 0 Å². The molecule has 0 aromatic carbocycles. The van der Waals surface area contributed by atoms with Gasteiger partial charge in [-0.15, -0.1) is 0 Å². The summed E-state index contributed by atoms with van der Waals surface area (Å²) in [6, 6.07) is 0. The summed E-state index contributed by atoms with van der Waals surface area (Å²) in [5, 5.41) is 9.44. The average molecular weight is 186 g/mol. The molecule has 0 bridgehead atoms. The quantitative estimate of drug-likeness (QED) is 0.732. The Kier molecular flexibility index (Phi) is 4.62. The van der Waals surface area contributed by atoms with E-state index >= 15 is 0 Å². The summed E-state index contributed by atoms with van der Waals surface area (Å²) in [5.41, 5.74) is 0.173. The van der Waals surface area contributed by atoms with Crippen LogP contribution >= 0.6 is 0 Å². The van der Waals surface area contributed by atoms with Gasteiger partial charge >= 0.3 is 0 Å². The minimum atomic E-state index is -0.776. The molecule has 1 unspecified atom stereocenters. The average Bonchev–Trinajstić information content (AvgIpc) is 1.97. The zero-order valence-electron chi connectivity index (χ0n) is 9.42. The number of carbonyl (C=O) groups is 1. The summed E-state index contributed by atoms with van der Waals surface area (Å²) in [5.74, 6) is 0.0115. The molecule has 2 heteroatoms. The molecule has 2 nitrogen and oxygen atoms in total. The van der Waals surface area contributed by atoms with Crippen LogP contribution in [0.3, 0.4) is 0 Å². The predicted octanol–water partition coefficient (Wildman–Crippen LogP) is 2.40. The lowest BCUT2D eigenvalue weighted by Crippen LogP contribution is -2.26. The first-order valence-electron chi connectivity index (χ1n) is 4.95. The number of aliphatic hydroxyl groups is 1. The molecule has 0 spiro atoms. The standard InChI is InChI=1S/C11H22O2/c1-8(2)10(13)9(12)6-7-11(3,4)5/h8,10,13H,6-7H2,1-5H3. The fourth-order valence-corrected chi connectivity index (χ4v) is 1.02. The van der Waals surface area contributed by atoms with Gasteiger partial charge < -0.3 is 5.11 Å². The molecule has 78 valence electrons. The van der Waals surface area contributed by atoms with Gasteiger partial charge in [0.2, 0.25) is 0 Å². The molecule has 13 heavy (non-hydrogen) atoms. The van der Waals surface area contributed by atoms with Crippen LogP contribution in [0.1, 0.15) is 47.5 Å². The van der Waals surface area contributed by atoms with Crippen molar-refractivity contribution in [2.45, 2.75) is 53.6 Å². The number of ketones is 1. The van der Waals surface area contributed by atoms with Crippen LogP contribution in [0.4, 0.5) is 0 Å². The van der Waals surface area contributed by atoms with E-state index in [0.717, 1.165) is 6.42 Å². The maximum Gasteiger partial charge on any atom is 0.161 e. The van der Waals surface area contributed by atoms with Gasteiger partial charge in [-0.05, 0) is 17.8 Å². The van der Waals surface area contributed by atoms with Gasteiger partial charge in [0.15, 0.2) is 5.78 Å². The van der Waals surface area contributed by atoms with E-state index in [0.29, 0.717) is 6.42 Å². The van der Waals surface area contributed by atoms with Crippen molar-refractivity contribution < 1.29 is 9.90 Å². The van der Waals surface area contributed by atoms with Gasteiger partial charge in [0.05, 0.1) is 0 Å². The second-order valence-corrected chi connectivity index (χ2v) is 5.22. The van der Waals surface area contributed by atoms with E-state index in [-0.39, 0.29) is 17.1 Å². The molecule has 0 aliphatic heterocycles. The molecule has 0 saturated heterocycles. The van der Waals surface area contributed by atoms with Gasteiger partial charge in [0, 0.05) is 6.42 Å². The van der Waals surface area contributed by atoms with Gasteiger partial charge in [0.1, 0.15) is 6.10 Å². The maximum atomic E-state index is 11.4. The summed E-state index contributed by atoms with van der Waals surface area (Å²) in [7, 11) is 0. The van der Waals surface area contributed by atoms with Crippen LogP contribution in [0.15, 0.2) is 0 Å². The molecule has 0 fully saturated rings. The number of rotatable bonds is 4. The molecule has 0 rings (SSSR count). The molecule has 0 radical (unpaired) electrons. The van der Waals surface area contributed by atoms with Gasteiger partial charge in [-0.2, -0.15) is 0 Å². The Balaban J connectivity index is 3.89. The van der Waals surface area contributed by atoms with Gasteiger partial charge in [-0.1, -0.05) is 34.6 Å². The number of hydrogen-bond donors (Lipinski definition) is 1. The molecule has 0 amide bonds. The normalized spacial score (nSPS) is 14.7. The largest absolute Gasteiger partial charge is 0.385 e. The highest BCUT2D eigenvalue weighted by atomic mass is 16.3. The van der Waals surface area contributed by atoms with E-state index in [9.17, 15) is 9.90 Å². The number of Topliss-reactive ketones (excluding diaryl/α,β-unsaturated/α-hetero) is 1. The predicted molar refractivity (Wildman–Crippen MR) is 54.5 cm³/mol. The fraction of sp³-hybridized carbons (Fsp3) is 0.909. The molecule has 0 heterocycles. The topological polar surface area (TPSA) is 37.3 Å². The summed E-state index contributed by atoms with van der Waals surface area (Å²) in [4.78, 5) is 11.4. The first kappa shape index (κ1) is 12.6. The lowest BCUT2D eigenvalue weighted by molar-refractivity contribution is -0.129. The molecule has 0 aliphatic carbocycles. The number of carbonyl (C=O) groups excluding carboxylic acids is 1.